The van der Waals surface area contributed by atoms with Gasteiger partial charge in [0.2, 0.25) is 0 Å². The molecule has 3 heteroatoms. The van der Waals surface area contributed by atoms with Crippen LogP contribution in [-0.4, -0.2) is 18.7 Å². The number of ether oxygens (including phenoxy) is 1. The predicted molar refractivity (Wildman–Crippen MR) is 51.6 cm³/mol. The van der Waals surface area contributed by atoms with E-state index in [0.29, 0.717) is 18.6 Å². The van der Waals surface area contributed by atoms with Crippen LogP contribution in [-0.2, 0) is 4.74 Å². The molecule has 0 aliphatic heterocycles. The summed E-state index contributed by atoms with van der Waals surface area (Å²) in [4.78, 5) is 11.1. The maximum atomic E-state index is 11.1. The fourth-order valence-corrected chi connectivity index (χ4v) is 1.85. The van der Waals surface area contributed by atoms with Gasteiger partial charge in [-0.05, 0) is 25.7 Å². The van der Waals surface area contributed by atoms with Crippen molar-refractivity contribution >= 4 is 6.09 Å². The van der Waals surface area contributed by atoms with E-state index in [9.17, 15) is 4.79 Å². The van der Waals surface area contributed by atoms with E-state index >= 15 is 0 Å². The van der Waals surface area contributed by atoms with Gasteiger partial charge in [0, 0.05) is 6.04 Å². The minimum absolute atomic E-state index is 0.263. The number of carbonyl (C=O) groups is 1. The smallest absolute Gasteiger partial charge is 0.407 e. The summed E-state index contributed by atoms with van der Waals surface area (Å²) < 4.78 is 4.84. The standard InChI is InChI=1S/C10H19NO2/c1-3-13-10(12)11-9-7-5-4-6-8(9)2/h8-9H,3-7H2,1-2H3,(H,11,12). The van der Waals surface area contributed by atoms with Crippen molar-refractivity contribution in [2.45, 2.75) is 45.6 Å². The first-order valence-electron chi connectivity index (χ1n) is 5.17. The normalized spacial score (nSPS) is 28.2. The molecular formula is C10H19NO2. The van der Waals surface area contributed by atoms with E-state index in [2.05, 4.69) is 12.2 Å². The summed E-state index contributed by atoms with van der Waals surface area (Å²) in [7, 11) is 0. The Hall–Kier alpha value is -0.730. The lowest BCUT2D eigenvalue weighted by Crippen LogP contribution is -2.41. The third kappa shape index (κ3) is 3.25. The molecule has 0 radical (unpaired) electrons. The van der Waals surface area contributed by atoms with Crippen molar-refractivity contribution in [3.8, 4) is 0 Å². The van der Waals surface area contributed by atoms with Crippen LogP contribution in [0.25, 0.3) is 0 Å². The van der Waals surface area contributed by atoms with Crippen molar-refractivity contribution in [2.75, 3.05) is 6.61 Å². The molecule has 0 bridgehead atoms. The maximum absolute atomic E-state index is 11.1. The van der Waals surface area contributed by atoms with Gasteiger partial charge in [-0.3, -0.25) is 0 Å². The maximum Gasteiger partial charge on any atom is 0.407 e. The first-order valence-corrected chi connectivity index (χ1v) is 5.17. The number of rotatable bonds is 2. The summed E-state index contributed by atoms with van der Waals surface area (Å²) in [6.07, 6.45) is 4.57. The summed E-state index contributed by atoms with van der Waals surface area (Å²) in [5, 5.41) is 2.91. The Morgan fingerprint density at radius 1 is 1.46 bits per heavy atom. The van der Waals surface area contributed by atoms with Gasteiger partial charge in [-0.25, -0.2) is 4.79 Å². The Morgan fingerprint density at radius 3 is 2.77 bits per heavy atom. The molecule has 2 unspecified atom stereocenters. The Kier molecular flexibility index (Phi) is 4.06. The van der Waals surface area contributed by atoms with Crippen molar-refractivity contribution in [2.24, 2.45) is 5.92 Å². The first kappa shape index (κ1) is 10.4. The molecule has 0 aromatic carbocycles. The van der Waals surface area contributed by atoms with Gasteiger partial charge < -0.3 is 10.1 Å². The highest BCUT2D eigenvalue weighted by Gasteiger charge is 2.22. The summed E-state index contributed by atoms with van der Waals surface area (Å²) in [5.74, 6) is 0.596. The molecule has 1 N–H and O–H groups in total. The van der Waals surface area contributed by atoms with Crippen molar-refractivity contribution in [3.63, 3.8) is 0 Å². The van der Waals surface area contributed by atoms with Crippen LogP contribution in [0.2, 0.25) is 0 Å². The van der Waals surface area contributed by atoms with Crippen LogP contribution in [0.4, 0.5) is 4.79 Å². The highest BCUT2D eigenvalue weighted by Crippen LogP contribution is 2.23. The molecular weight excluding hydrogens is 166 g/mol. The monoisotopic (exact) mass is 185 g/mol. The molecule has 76 valence electrons. The quantitative estimate of drug-likeness (QED) is 0.717. The van der Waals surface area contributed by atoms with Gasteiger partial charge in [-0.2, -0.15) is 0 Å². The minimum atomic E-state index is -0.263. The lowest BCUT2D eigenvalue weighted by Gasteiger charge is -2.28. The fourth-order valence-electron chi connectivity index (χ4n) is 1.85. The van der Waals surface area contributed by atoms with E-state index in [0.717, 1.165) is 6.42 Å². The Balaban J connectivity index is 2.29. The summed E-state index contributed by atoms with van der Waals surface area (Å²) >= 11 is 0. The third-order valence-corrected chi connectivity index (χ3v) is 2.69. The molecule has 1 aliphatic carbocycles. The topological polar surface area (TPSA) is 38.3 Å². The van der Waals surface area contributed by atoms with Gasteiger partial charge in [0.15, 0.2) is 0 Å². The molecule has 13 heavy (non-hydrogen) atoms. The Labute approximate surface area is 79.8 Å². The molecule has 0 aromatic heterocycles. The van der Waals surface area contributed by atoms with Crippen LogP contribution >= 0.6 is 0 Å². The average molecular weight is 185 g/mol. The molecule has 1 amide bonds. The second-order valence-electron chi connectivity index (χ2n) is 3.73. The molecule has 1 fully saturated rings. The average Bonchev–Trinajstić information content (AvgIpc) is 2.09. The van der Waals surface area contributed by atoms with Gasteiger partial charge >= 0.3 is 6.09 Å². The van der Waals surface area contributed by atoms with E-state index in [1.165, 1.54) is 19.3 Å². The van der Waals surface area contributed by atoms with Gasteiger partial charge in [0.1, 0.15) is 0 Å². The van der Waals surface area contributed by atoms with Gasteiger partial charge in [0.25, 0.3) is 0 Å². The number of amides is 1. The lowest BCUT2D eigenvalue weighted by molar-refractivity contribution is 0.139. The zero-order valence-corrected chi connectivity index (χ0v) is 8.51. The van der Waals surface area contributed by atoms with Crippen LogP contribution in [0, 0.1) is 5.92 Å². The Morgan fingerprint density at radius 2 is 2.15 bits per heavy atom. The largest absolute Gasteiger partial charge is 0.450 e. The Bertz CT molecular complexity index is 170. The van der Waals surface area contributed by atoms with Gasteiger partial charge in [-0.15, -0.1) is 0 Å². The molecule has 0 heterocycles. The number of alkyl carbamates (subject to hydrolysis) is 1. The first-order chi connectivity index (χ1) is 6.24. The number of nitrogens with one attached hydrogen (secondary N) is 1. The highest BCUT2D eigenvalue weighted by molar-refractivity contribution is 5.67. The fraction of sp³-hybridized carbons (Fsp3) is 0.900. The summed E-state index contributed by atoms with van der Waals surface area (Å²) in [6, 6.07) is 0.327. The van der Waals surface area contributed by atoms with Crippen LogP contribution in [0.3, 0.4) is 0 Å². The van der Waals surface area contributed by atoms with Crippen molar-refractivity contribution in [1.29, 1.82) is 0 Å². The summed E-state index contributed by atoms with van der Waals surface area (Å²) in [6.45, 7) is 4.47. The van der Waals surface area contributed by atoms with Crippen LogP contribution < -0.4 is 5.32 Å². The van der Waals surface area contributed by atoms with E-state index in [4.69, 9.17) is 4.74 Å². The summed E-state index contributed by atoms with van der Waals surface area (Å²) in [5.41, 5.74) is 0. The van der Waals surface area contributed by atoms with Crippen molar-refractivity contribution in [1.82, 2.24) is 5.32 Å². The molecule has 1 rings (SSSR count). The number of hydrogen-bond donors (Lipinski definition) is 1. The highest BCUT2D eigenvalue weighted by atomic mass is 16.5. The van der Waals surface area contributed by atoms with Crippen LogP contribution in [0.15, 0.2) is 0 Å². The molecule has 0 saturated heterocycles. The molecule has 0 spiro atoms. The number of hydrogen-bond acceptors (Lipinski definition) is 2. The second-order valence-corrected chi connectivity index (χ2v) is 3.73. The molecule has 3 nitrogen and oxygen atoms in total. The minimum Gasteiger partial charge on any atom is -0.450 e. The molecule has 2 atom stereocenters. The van der Waals surface area contributed by atoms with E-state index in [1.54, 1.807) is 0 Å². The van der Waals surface area contributed by atoms with E-state index in [-0.39, 0.29) is 6.09 Å². The molecule has 1 saturated carbocycles. The lowest BCUT2D eigenvalue weighted by atomic mass is 9.86. The van der Waals surface area contributed by atoms with Gasteiger partial charge in [-0.1, -0.05) is 19.8 Å². The molecule has 1 aliphatic rings. The van der Waals surface area contributed by atoms with Crippen molar-refractivity contribution in [3.05, 3.63) is 0 Å². The third-order valence-electron chi connectivity index (χ3n) is 2.69. The zero-order valence-electron chi connectivity index (χ0n) is 8.51. The second kappa shape index (κ2) is 5.10. The van der Waals surface area contributed by atoms with Crippen LogP contribution in [0.1, 0.15) is 39.5 Å². The van der Waals surface area contributed by atoms with Crippen molar-refractivity contribution < 1.29 is 9.53 Å². The van der Waals surface area contributed by atoms with E-state index < -0.39 is 0 Å². The SMILES string of the molecule is CCOC(=O)NC1CCCCC1C. The predicted octanol–water partition coefficient (Wildman–Crippen LogP) is 2.31. The number of carbonyl (C=O) groups excluding carboxylic acids is 1. The van der Waals surface area contributed by atoms with Crippen LogP contribution in [0.5, 0.6) is 0 Å². The zero-order chi connectivity index (χ0) is 9.68. The molecule has 0 aromatic rings. The van der Waals surface area contributed by atoms with Gasteiger partial charge in [0.05, 0.1) is 6.61 Å². The van der Waals surface area contributed by atoms with E-state index in [1.807, 2.05) is 6.92 Å².